The minimum absolute atomic E-state index is 0.199. The van der Waals surface area contributed by atoms with E-state index >= 15 is 0 Å². The van der Waals surface area contributed by atoms with Crippen molar-refractivity contribution in [1.82, 2.24) is 9.55 Å². The molecule has 2 rings (SSSR count). The first-order valence-corrected chi connectivity index (χ1v) is 6.17. The summed E-state index contributed by atoms with van der Waals surface area (Å²) in [6.07, 6.45) is 0. The molecule has 0 spiro atoms. The van der Waals surface area contributed by atoms with Crippen LogP contribution in [0.2, 0.25) is 0 Å². The molecule has 0 unspecified atom stereocenters. The van der Waals surface area contributed by atoms with E-state index in [0.29, 0.717) is 10.2 Å². The summed E-state index contributed by atoms with van der Waals surface area (Å²) >= 11 is 6.41. The van der Waals surface area contributed by atoms with Crippen LogP contribution in [0.25, 0.3) is 10.2 Å². The molecule has 0 bridgehead atoms. The second kappa shape index (κ2) is 3.78. The molecule has 2 heterocycles. The van der Waals surface area contributed by atoms with Gasteiger partial charge in [0.05, 0.1) is 5.52 Å². The highest BCUT2D eigenvalue weighted by atomic mass is 32.1. The van der Waals surface area contributed by atoms with Gasteiger partial charge in [0.15, 0.2) is 4.77 Å². The molecule has 5 nitrogen and oxygen atoms in total. The fraction of sp³-hybridized carbons (Fsp3) is 0.300. The highest BCUT2D eigenvalue weighted by Gasteiger charge is 2.30. The van der Waals surface area contributed by atoms with Gasteiger partial charge in [-0.05, 0) is 37.5 Å². The zero-order valence-electron chi connectivity index (χ0n) is 9.31. The summed E-state index contributed by atoms with van der Waals surface area (Å²) in [5.74, 6) is -0.602. The van der Waals surface area contributed by atoms with Gasteiger partial charge in [-0.2, -0.15) is 0 Å². The van der Waals surface area contributed by atoms with Gasteiger partial charge >= 0.3 is 0 Å². The minimum atomic E-state index is -1.15. The Hall–Kier alpha value is -1.47. The number of hydrogen-bond donors (Lipinski definition) is 2. The number of primary amides is 1. The molecule has 0 saturated carbocycles. The molecular formula is C10H11N3O2S2. The molecular weight excluding hydrogens is 258 g/mol. The lowest BCUT2D eigenvalue weighted by Crippen LogP contribution is -2.47. The second-order valence-electron chi connectivity index (χ2n) is 4.16. The Morgan fingerprint density at radius 3 is 2.82 bits per heavy atom. The van der Waals surface area contributed by atoms with Gasteiger partial charge in [0, 0.05) is 0 Å². The van der Waals surface area contributed by atoms with Crippen LogP contribution in [0.1, 0.15) is 13.8 Å². The van der Waals surface area contributed by atoms with Gasteiger partial charge in [0.2, 0.25) is 5.91 Å². The number of nitrogens with zero attached hydrogens (tertiary/aromatic N) is 1. The Labute approximate surface area is 106 Å². The first-order chi connectivity index (χ1) is 7.85. The minimum Gasteiger partial charge on any atom is -0.368 e. The van der Waals surface area contributed by atoms with Crippen molar-refractivity contribution >= 4 is 39.7 Å². The van der Waals surface area contributed by atoms with Crippen molar-refractivity contribution in [3.05, 3.63) is 26.6 Å². The number of aromatic amines is 1. The number of carbonyl (C=O) groups excluding carboxylic acids is 1. The van der Waals surface area contributed by atoms with Gasteiger partial charge in [-0.1, -0.05) is 0 Å². The van der Waals surface area contributed by atoms with Crippen LogP contribution in [0.5, 0.6) is 0 Å². The Morgan fingerprint density at radius 1 is 1.59 bits per heavy atom. The fourth-order valence-electron chi connectivity index (χ4n) is 1.56. The maximum Gasteiger partial charge on any atom is 0.273 e. The molecule has 17 heavy (non-hydrogen) atoms. The Morgan fingerprint density at radius 2 is 2.24 bits per heavy atom. The molecule has 1 amide bonds. The van der Waals surface area contributed by atoms with Crippen molar-refractivity contribution in [3.63, 3.8) is 0 Å². The van der Waals surface area contributed by atoms with E-state index in [1.807, 2.05) is 0 Å². The number of nitrogens with one attached hydrogen (secondary N) is 1. The Bertz CT molecular complexity index is 708. The highest BCUT2D eigenvalue weighted by molar-refractivity contribution is 7.71. The molecule has 2 aromatic heterocycles. The van der Waals surface area contributed by atoms with E-state index in [2.05, 4.69) is 4.98 Å². The van der Waals surface area contributed by atoms with Gasteiger partial charge in [-0.3, -0.25) is 14.2 Å². The van der Waals surface area contributed by atoms with E-state index in [-0.39, 0.29) is 10.3 Å². The number of amides is 1. The SMILES string of the molecule is CC(C)(C(N)=O)n1c(=S)[nH]c2ccsc2c1=O. The van der Waals surface area contributed by atoms with E-state index in [9.17, 15) is 9.59 Å². The van der Waals surface area contributed by atoms with Crippen molar-refractivity contribution in [3.8, 4) is 0 Å². The van der Waals surface area contributed by atoms with Crippen molar-refractivity contribution < 1.29 is 4.79 Å². The molecule has 0 aromatic carbocycles. The molecule has 90 valence electrons. The third-order valence-electron chi connectivity index (χ3n) is 2.67. The van der Waals surface area contributed by atoms with Crippen LogP contribution in [0, 0.1) is 4.77 Å². The molecule has 0 aliphatic rings. The van der Waals surface area contributed by atoms with E-state index in [1.165, 1.54) is 15.9 Å². The number of thiophene rings is 1. The topological polar surface area (TPSA) is 80.9 Å². The summed E-state index contributed by atoms with van der Waals surface area (Å²) in [7, 11) is 0. The molecule has 0 fully saturated rings. The average molecular weight is 269 g/mol. The van der Waals surface area contributed by atoms with Gasteiger partial charge in [-0.25, -0.2) is 0 Å². The zero-order valence-corrected chi connectivity index (χ0v) is 10.9. The molecule has 7 heteroatoms. The molecule has 0 aliphatic carbocycles. The number of H-pyrrole nitrogens is 1. The monoisotopic (exact) mass is 269 g/mol. The predicted octanol–water partition coefficient (Wildman–Crippen LogP) is 1.34. The standard InChI is InChI=1S/C10H11N3O2S2/c1-10(2,8(11)15)13-7(14)6-5(3-4-17-6)12-9(13)16/h3-4H,1-2H3,(H2,11,15)(H,12,16). The van der Waals surface area contributed by atoms with Crippen molar-refractivity contribution in [2.24, 2.45) is 5.73 Å². The largest absolute Gasteiger partial charge is 0.368 e. The van der Waals surface area contributed by atoms with E-state index < -0.39 is 11.4 Å². The maximum absolute atomic E-state index is 12.2. The highest BCUT2D eigenvalue weighted by Crippen LogP contribution is 2.18. The Balaban J connectivity index is 2.92. The quantitative estimate of drug-likeness (QED) is 0.807. The van der Waals surface area contributed by atoms with Gasteiger partial charge in [0.1, 0.15) is 10.2 Å². The van der Waals surface area contributed by atoms with Crippen LogP contribution < -0.4 is 11.3 Å². The van der Waals surface area contributed by atoms with Gasteiger partial charge in [-0.15, -0.1) is 11.3 Å². The number of hydrogen-bond acceptors (Lipinski definition) is 4. The Kier molecular flexibility index (Phi) is 2.67. The van der Waals surface area contributed by atoms with Crippen molar-refractivity contribution in [2.45, 2.75) is 19.4 Å². The first-order valence-electron chi connectivity index (χ1n) is 4.88. The second-order valence-corrected chi connectivity index (χ2v) is 5.46. The van der Waals surface area contributed by atoms with Crippen molar-refractivity contribution in [1.29, 1.82) is 0 Å². The van der Waals surface area contributed by atoms with E-state index in [4.69, 9.17) is 18.0 Å². The summed E-state index contributed by atoms with van der Waals surface area (Å²) < 4.78 is 1.96. The molecule has 0 radical (unpaired) electrons. The normalized spacial score (nSPS) is 11.9. The first kappa shape index (κ1) is 12.0. The van der Waals surface area contributed by atoms with Crippen LogP contribution >= 0.6 is 23.6 Å². The zero-order chi connectivity index (χ0) is 12.8. The number of rotatable bonds is 2. The fourth-order valence-corrected chi connectivity index (χ4v) is 2.76. The van der Waals surface area contributed by atoms with Crippen LogP contribution in [0.3, 0.4) is 0 Å². The van der Waals surface area contributed by atoms with Gasteiger partial charge < -0.3 is 10.7 Å². The third kappa shape index (κ3) is 1.71. The van der Waals surface area contributed by atoms with Crippen LogP contribution in [0.4, 0.5) is 0 Å². The maximum atomic E-state index is 12.2. The smallest absolute Gasteiger partial charge is 0.273 e. The van der Waals surface area contributed by atoms with E-state index in [0.717, 1.165) is 0 Å². The number of aromatic nitrogens is 2. The molecule has 0 saturated heterocycles. The van der Waals surface area contributed by atoms with Crippen molar-refractivity contribution in [2.75, 3.05) is 0 Å². The summed E-state index contributed by atoms with van der Waals surface area (Å²) in [5.41, 5.74) is 4.55. The number of nitrogens with two attached hydrogens (primary N) is 1. The van der Waals surface area contributed by atoms with Crippen LogP contribution in [-0.2, 0) is 10.3 Å². The lowest BCUT2D eigenvalue weighted by Gasteiger charge is -2.23. The lowest BCUT2D eigenvalue weighted by atomic mass is 10.1. The molecule has 2 aromatic rings. The molecule has 0 aliphatic heterocycles. The third-order valence-corrected chi connectivity index (χ3v) is 3.86. The summed E-state index contributed by atoms with van der Waals surface area (Å²) in [5, 5.41) is 1.79. The predicted molar refractivity (Wildman–Crippen MR) is 69.8 cm³/mol. The average Bonchev–Trinajstić information content (AvgIpc) is 2.64. The lowest BCUT2D eigenvalue weighted by molar-refractivity contribution is -0.125. The van der Waals surface area contributed by atoms with Gasteiger partial charge in [0.25, 0.3) is 5.56 Å². The summed E-state index contributed by atoms with van der Waals surface area (Å²) in [6, 6.07) is 1.78. The van der Waals surface area contributed by atoms with Crippen LogP contribution in [0.15, 0.2) is 16.2 Å². The molecule has 0 atom stereocenters. The van der Waals surface area contributed by atoms with Crippen LogP contribution in [-0.4, -0.2) is 15.5 Å². The number of fused-ring (bicyclic) bond motifs is 1. The number of carbonyl (C=O) groups is 1. The van der Waals surface area contributed by atoms with E-state index in [1.54, 1.807) is 25.3 Å². The summed E-state index contributed by atoms with van der Waals surface area (Å²) in [6.45, 7) is 3.14. The summed E-state index contributed by atoms with van der Waals surface area (Å²) in [4.78, 5) is 26.6. The molecule has 3 N–H and O–H groups in total.